The molecule has 0 saturated heterocycles. The number of rotatable bonds is 10. The van der Waals surface area contributed by atoms with E-state index in [0.717, 1.165) is 29.8 Å². The molecule has 1 amide bonds. The van der Waals surface area contributed by atoms with Crippen LogP contribution in [0.4, 0.5) is 0 Å². The van der Waals surface area contributed by atoms with Crippen molar-refractivity contribution in [3.63, 3.8) is 0 Å². The highest BCUT2D eigenvalue weighted by atomic mass is 35.5. The zero-order valence-corrected chi connectivity index (χ0v) is 18.1. The molecule has 0 fully saturated rings. The first kappa shape index (κ1) is 26.2. The molecular weight excluding hydrogens is 397 g/mol. The molecule has 0 bridgehead atoms. The van der Waals surface area contributed by atoms with Crippen LogP contribution in [-0.4, -0.2) is 38.1 Å². The summed E-state index contributed by atoms with van der Waals surface area (Å²) in [5.74, 6) is 0.801. The van der Waals surface area contributed by atoms with E-state index in [0.29, 0.717) is 13.2 Å². The molecule has 1 unspecified atom stereocenters. The molecule has 28 heavy (non-hydrogen) atoms. The summed E-state index contributed by atoms with van der Waals surface area (Å²) in [6, 6.07) is 17.2. The highest BCUT2D eigenvalue weighted by Crippen LogP contribution is 2.14. The quantitative estimate of drug-likeness (QED) is 0.568. The molecule has 0 aliphatic rings. The van der Waals surface area contributed by atoms with Crippen LogP contribution < -0.4 is 15.8 Å². The summed E-state index contributed by atoms with van der Waals surface area (Å²) >= 11 is 0. The number of benzene rings is 2. The zero-order chi connectivity index (χ0) is 18.8. The van der Waals surface area contributed by atoms with Gasteiger partial charge < -0.3 is 20.7 Å². The smallest absolute Gasteiger partial charge is 0.222 e. The number of ether oxygens (including phenoxy) is 1. The van der Waals surface area contributed by atoms with Gasteiger partial charge in [0.15, 0.2) is 0 Å². The van der Waals surface area contributed by atoms with Crippen LogP contribution in [-0.2, 0) is 11.3 Å². The Morgan fingerprint density at radius 1 is 1.07 bits per heavy atom. The lowest BCUT2D eigenvalue weighted by Crippen LogP contribution is -2.27. The second-order valence-corrected chi connectivity index (χ2v) is 6.65. The number of carbonyl (C=O) groups excluding carboxylic acids is 1. The van der Waals surface area contributed by atoms with Gasteiger partial charge in [-0.2, -0.15) is 0 Å². The van der Waals surface area contributed by atoms with Gasteiger partial charge in [0, 0.05) is 25.6 Å². The zero-order valence-electron chi connectivity index (χ0n) is 16.5. The number of amides is 1. The van der Waals surface area contributed by atoms with E-state index in [4.69, 9.17) is 10.5 Å². The van der Waals surface area contributed by atoms with Crippen LogP contribution in [0.2, 0.25) is 0 Å². The topological polar surface area (TPSA) is 67.6 Å². The summed E-state index contributed by atoms with van der Waals surface area (Å²) in [5.41, 5.74) is 8.09. The van der Waals surface area contributed by atoms with Crippen molar-refractivity contribution < 1.29 is 9.53 Å². The van der Waals surface area contributed by atoms with E-state index < -0.39 is 0 Å². The van der Waals surface area contributed by atoms with Gasteiger partial charge in [0.1, 0.15) is 5.75 Å². The van der Waals surface area contributed by atoms with Crippen molar-refractivity contribution in [2.45, 2.75) is 25.4 Å². The van der Waals surface area contributed by atoms with Crippen LogP contribution in [0.15, 0.2) is 54.6 Å². The van der Waals surface area contributed by atoms with Crippen LogP contribution >= 0.6 is 24.8 Å². The summed E-state index contributed by atoms with van der Waals surface area (Å²) < 4.78 is 5.71. The minimum Gasteiger partial charge on any atom is -0.494 e. The van der Waals surface area contributed by atoms with Gasteiger partial charge in [-0.25, -0.2) is 0 Å². The predicted octanol–water partition coefficient (Wildman–Crippen LogP) is 3.57. The van der Waals surface area contributed by atoms with E-state index in [1.807, 2.05) is 54.6 Å². The van der Waals surface area contributed by atoms with Gasteiger partial charge in [-0.3, -0.25) is 4.79 Å². The summed E-state index contributed by atoms with van der Waals surface area (Å²) in [4.78, 5) is 14.2. The van der Waals surface area contributed by atoms with Crippen LogP contribution in [0.1, 0.15) is 30.0 Å². The summed E-state index contributed by atoms with van der Waals surface area (Å²) in [5, 5.41) is 2.92. The third-order valence-electron chi connectivity index (χ3n) is 4.06. The van der Waals surface area contributed by atoms with Gasteiger partial charge in [-0.15, -0.1) is 24.8 Å². The third kappa shape index (κ3) is 9.95. The maximum Gasteiger partial charge on any atom is 0.222 e. The minimum atomic E-state index is -0.283. The number of nitrogens with two attached hydrogens (primary N) is 1. The van der Waals surface area contributed by atoms with E-state index >= 15 is 0 Å². The number of hydrogen-bond donors (Lipinski definition) is 2. The Morgan fingerprint density at radius 2 is 1.71 bits per heavy atom. The molecule has 0 aliphatic carbocycles. The van der Waals surface area contributed by atoms with Crippen molar-refractivity contribution in [1.82, 2.24) is 10.2 Å². The molecule has 1 atom stereocenters. The van der Waals surface area contributed by atoms with Crippen molar-refractivity contribution >= 4 is 30.7 Å². The van der Waals surface area contributed by atoms with E-state index in [-0.39, 0.29) is 43.2 Å². The normalized spacial score (nSPS) is 11.1. The first-order chi connectivity index (χ1) is 12.5. The second kappa shape index (κ2) is 14.2. The highest BCUT2D eigenvalue weighted by molar-refractivity contribution is 5.85. The van der Waals surface area contributed by atoms with Crippen LogP contribution in [0.25, 0.3) is 0 Å². The van der Waals surface area contributed by atoms with E-state index in [9.17, 15) is 4.79 Å². The Balaban J connectivity index is 0.00000364. The average molecular weight is 428 g/mol. The second-order valence-electron chi connectivity index (χ2n) is 6.65. The van der Waals surface area contributed by atoms with Gasteiger partial charge in [-0.05, 0) is 43.8 Å². The number of nitrogens with zero attached hydrogens (tertiary/aromatic N) is 1. The molecule has 2 rings (SSSR count). The summed E-state index contributed by atoms with van der Waals surface area (Å²) in [6.07, 6.45) is 1.27. The highest BCUT2D eigenvalue weighted by Gasteiger charge is 2.11. The van der Waals surface area contributed by atoms with Gasteiger partial charge >= 0.3 is 0 Å². The van der Waals surface area contributed by atoms with Gasteiger partial charge in [-0.1, -0.05) is 42.5 Å². The number of hydrogen-bond acceptors (Lipinski definition) is 4. The van der Waals surface area contributed by atoms with Crippen LogP contribution in [0, 0.1) is 0 Å². The van der Waals surface area contributed by atoms with Gasteiger partial charge in [0.2, 0.25) is 5.91 Å². The lowest BCUT2D eigenvalue weighted by Gasteiger charge is -2.13. The molecule has 0 radical (unpaired) electrons. The van der Waals surface area contributed by atoms with Crippen molar-refractivity contribution in [1.29, 1.82) is 0 Å². The first-order valence-electron chi connectivity index (χ1n) is 8.98. The van der Waals surface area contributed by atoms with Gasteiger partial charge in [0.25, 0.3) is 0 Å². The standard InChI is InChI=1S/C21H29N3O2.2ClH/c1-24(2)13-6-14-26-19-11-9-17(10-12-19)16-23-21(25)15-20(22)18-7-4-3-5-8-18;;/h3-5,7-12,20H,6,13-16,22H2,1-2H3,(H,23,25);2*1H. The van der Waals surface area contributed by atoms with Crippen molar-refractivity contribution in [3.05, 3.63) is 65.7 Å². The van der Waals surface area contributed by atoms with Crippen LogP contribution in [0.3, 0.4) is 0 Å². The molecule has 7 heteroatoms. The number of halogens is 2. The maximum absolute atomic E-state index is 12.1. The Morgan fingerprint density at radius 3 is 2.32 bits per heavy atom. The lowest BCUT2D eigenvalue weighted by molar-refractivity contribution is -0.121. The fraction of sp³-hybridized carbons (Fsp3) is 0.381. The van der Waals surface area contributed by atoms with Crippen molar-refractivity contribution in [2.75, 3.05) is 27.2 Å². The molecule has 0 spiro atoms. The Hall–Kier alpha value is -1.79. The number of carbonyl (C=O) groups is 1. The summed E-state index contributed by atoms with van der Waals surface area (Å²) in [6.45, 7) is 2.20. The van der Waals surface area contributed by atoms with Gasteiger partial charge in [0.05, 0.1) is 6.61 Å². The van der Waals surface area contributed by atoms with Crippen molar-refractivity contribution in [2.24, 2.45) is 5.73 Å². The molecular formula is C21H31Cl2N3O2. The maximum atomic E-state index is 12.1. The Kier molecular flexibility index (Phi) is 13.3. The molecule has 0 aromatic heterocycles. The monoisotopic (exact) mass is 427 g/mol. The third-order valence-corrected chi connectivity index (χ3v) is 4.06. The largest absolute Gasteiger partial charge is 0.494 e. The molecule has 0 aliphatic heterocycles. The molecule has 5 nitrogen and oxygen atoms in total. The molecule has 0 saturated carbocycles. The summed E-state index contributed by atoms with van der Waals surface area (Å²) in [7, 11) is 4.10. The molecule has 2 aromatic carbocycles. The SMILES string of the molecule is CN(C)CCCOc1ccc(CNC(=O)CC(N)c2ccccc2)cc1.Cl.Cl. The van der Waals surface area contributed by atoms with Crippen molar-refractivity contribution in [3.8, 4) is 5.75 Å². The van der Waals surface area contributed by atoms with Crippen LogP contribution in [0.5, 0.6) is 5.75 Å². The van der Waals surface area contributed by atoms with E-state index in [2.05, 4.69) is 24.3 Å². The lowest BCUT2D eigenvalue weighted by atomic mass is 10.0. The predicted molar refractivity (Wildman–Crippen MR) is 119 cm³/mol. The fourth-order valence-corrected chi connectivity index (χ4v) is 2.56. The molecule has 3 N–H and O–H groups in total. The Labute approximate surface area is 180 Å². The van der Waals surface area contributed by atoms with E-state index in [1.165, 1.54) is 0 Å². The Bertz CT molecular complexity index is 667. The first-order valence-corrected chi connectivity index (χ1v) is 8.98. The molecule has 0 heterocycles. The number of nitrogens with one attached hydrogen (secondary N) is 1. The fourth-order valence-electron chi connectivity index (χ4n) is 2.56. The van der Waals surface area contributed by atoms with E-state index in [1.54, 1.807) is 0 Å². The molecule has 156 valence electrons. The average Bonchev–Trinajstić information content (AvgIpc) is 2.65. The molecule has 2 aromatic rings. The minimum absolute atomic E-state index is 0.